The second-order valence-corrected chi connectivity index (χ2v) is 7.42. The van der Waals surface area contributed by atoms with Crippen molar-refractivity contribution in [2.24, 2.45) is 5.92 Å². The number of piperidine rings is 2. The Bertz CT molecular complexity index is 559. The van der Waals surface area contributed by atoms with Gasteiger partial charge in [0.15, 0.2) is 0 Å². The minimum atomic E-state index is 0.0783. The zero-order valence-electron chi connectivity index (χ0n) is 15.8. The monoisotopic (exact) mass is 349 g/mol. The lowest BCUT2D eigenvalue weighted by molar-refractivity contribution is 0.0373. The molecule has 0 N–H and O–H groups in total. The maximum atomic E-state index is 12.8. The summed E-state index contributed by atoms with van der Waals surface area (Å²) in [6.45, 7) is 8.34. The van der Waals surface area contributed by atoms with E-state index in [1.165, 1.54) is 25.8 Å². The largest absolute Gasteiger partial charge is 0.383 e. The van der Waals surface area contributed by atoms with Gasteiger partial charge in [-0.1, -0.05) is 11.6 Å². The lowest BCUT2D eigenvalue weighted by Crippen LogP contribution is -2.49. The Hall–Kier alpha value is -1.40. The van der Waals surface area contributed by atoms with Gasteiger partial charge in [0.2, 0.25) is 0 Å². The third kappa shape index (κ3) is 4.06. The Kier molecular flexibility index (Phi) is 6.12. The summed E-state index contributed by atoms with van der Waals surface area (Å²) >= 11 is 0. The Morgan fingerprint density at radius 2 is 1.96 bits per heavy atom. The number of rotatable bonds is 5. The van der Waals surface area contributed by atoms with Crippen LogP contribution in [-0.2, 0) is 4.74 Å². The van der Waals surface area contributed by atoms with Gasteiger partial charge in [-0.3, -0.25) is 9.69 Å². The van der Waals surface area contributed by atoms with Gasteiger partial charge in [0.1, 0.15) is 11.3 Å². The fourth-order valence-electron chi connectivity index (χ4n) is 4.47. The third-order valence-corrected chi connectivity index (χ3v) is 5.87. The average Bonchev–Trinajstić information content (AvgIpc) is 2.98. The van der Waals surface area contributed by atoms with E-state index in [2.05, 4.69) is 10.1 Å². The highest BCUT2D eigenvalue weighted by atomic mass is 16.5. The topological polar surface area (TPSA) is 58.8 Å². The molecule has 2 fully saturated rings. The standard InChI is InChI=1S/C19H31N3O3/c1-14-18(15(2)25-20-14)19(23)22-10-7-16(8-11-22)17-6-4-5-9-21(17)12-13-24-3/h16-17H,4-13H2,1-3H3. The maximum Gasteiger partial charge on any atom is 0.259 e. The van der Waals surface area contributed by atoms with Crippen molar-refractivity contribution in [2.45, 2.75) is 52.0 Å². The van der Waals surface area contributed by atoms with E-state index in [1.807, 2.05) is 18.7 Å². The molecule has 0 bridgehead atoms. The van der Waals surface area contributed by atoms with Crippen LogP contribution in [0.25, 0.3) is 0 Å². The summed E-state index contributed by atoms with van der Waals surface area (Å²) in [6.07, 6.45) is 6.08. The number of carbonyl (C=O) groups is 1. The van der Waals surface area contributed by atoms with Gasteiger partial charge >= 0.3 is 0 Å². The summed E-state index contributed by atoms with van der Waals surface area (Å²) in [5.74, 6) is 1.39. The van der Waals surface area contributed by atoms with Crippen LogP contribution in [-0.4, -0.2) is 66.8 Å². The number of nitrogens with zero attached hydrogens (tertiary/aromatic N) is 3. The number of amides is 1. The molecule has 1 aromatic heterocycles. The zero-order chi connectivity index (χ0) is 17.8. The molecular weight excluding hydrogens is 318 g/mol. The summed E-state index contributed by atoms with van der Waals surface area (Å²) in [6, 6.07) is 0.653. The van der Waals surface area contributed by atoms with E-state index in [-0.39, 0.29) is 5.91 Å². The van der Waals surface area contributed by atoms with E-state index >= 15 is 0 Å². The highest BCUT2D eigenvalue weighted by Gasteiger charge is 2.34. The van der Waals surface area contributed by atoms with Crippen LogP contribution in [0.4, 0.5) is 0 Å². The van der Waals surface area contributed by atoms with E-state index in [1.54, 1.807) is 7.11 Å². The summed E-state index contributed by atoms with van der Waals surface area (Å²) < 4.78 is 10.4. The van der Waals surface area contributed by atoms with E-state index in [9.17, 15) is 4.79 Å². The Labute approximate surface area is 150 Å². The van der Waals surface area contributed by atoms with Gasteiger partial charge < -0.3 is 14.2 Å². The van der Waals surface area contributed by atoms with Crippen LogP contribution in [0.5, 0.6) is 0 Å². The normalized spacial score (nSPS) is 23.2. The molecule has 25 heavy (non-hydrogen) atoms. The molecule has 0 saturated carbocycles. The molecule has 1 aromatic rings. The molecule has 1 atom stereocenters. The molecule has 0 aliphatic carbocycles. The smallest absolute Gasteiger partial charge is 0.259 e. The van der Waals surface area contributed by atoms with Crippen LogP contribution in [0.2, 0.25) is 0 Å². The molecule has 1 amide bonds. The number of hydrogen-bond donors (Lipinski definition) is 0. The van der Waals surface area contributed by atoms with Crippen LogP contribution >= 0.6 is 0 Å². The van der Waals surface area contributed by atoms with Gasteiger partial charge in [-0.05, 0) is 52.0 Å². The molecule has 6 heteroatoms. The lowest BCUT2D eigenvalue weighted by Gasteiger charge is -2.43. The van der Waals surface area contributed by atoms with E-state index in [0.29, 0.717) is 29.0 Å². The first-order chi connectivity index (χ1) is 12.1. The molecule has 0 spiro atoms. The van der Waals surface area contributed by atoms with Crippen molar-refractivity contribution in [3.8, 4) is 0 Å². The summed E-state index contributed by atoms with van der Waals surface area (Å²) in [5, 5.41) is 3.92. The number of aryl methyl sites for hydroxylation is 2. The van der Waals surface area contributed by atoms with Crippen LogP contribution in [0.15, 0.2) is 4.52 Å². The van der Waals surface area contributed by atoms with Crippen LogP contribution < -0.4 is 0 Å². The van der Waals surface area contributed by atoms with Crippen molar-refractivity contribution in [3.05, 3.63) is 17.0 Å². The Balaban J connectivity index is 1.58. The molecule has 140 valence electrons. The molecule has 2 aliphatic rings. The van der Waals surface area contributed by atoms with Crippen molar-refractivity contribution in [2.75, 3.05) is 39.9 Å². The predicted octanol–water partition coefficient (Wildman–Crippen LogP) is 2.64. The van der Waals surface area contributed by atoms with E-state index in [4.69, 9.17) is 9.26 Å². The zero-order valence-corrected chi connectivity index (χ0v) is 15.8. The maximum absolute atomic E-state index is 12.8. The van der Waals surface area contributed by atoms with Gasteiger partial charge in [0.05, 0.1) is 12.3 Å². The quantitative estimate of drug-likeness (QED) is 0.818. The first-order valence-corrected chi connectivity index (χ1v) is 9.57. The first-order valence-electron chi connectivity index (χ1n) is 9.57. The molecule has 6 nitrogen and oxygen atoms in total. The van der Waals surface area contributed by atoms with Crippen LogP contribution in [0.3, 0.4) is 0 Å². The van der Waals surface area contributed by atoms with E-state index in [0.717, 1.165) is 39.1 Å². The molecule has 1 unspecified atom stereocenters. The van der Waals surface area contributed by atoms with Gasteiger partial charge in [-0.2, -0.15) is 0 Å². The number of likely N-dealkylation sites (tertiary alicyclic amines) is 2. The minimum absolute atomic E-state index is 0.0783. The molecule has 2 aliphatic heterocycles. The SMILES string of the molecule is COCCN1CCCCC1C1CCN(C(=O)c2c(C)noc2C)CC1. The fraction of sp³-hybridized carbons (Fsp3) is 0.789. The summed E-state index contributed by atoms with van der Waals surface area (Å²) in [4.78, 5) is 17.4. The molecular formula is C19H31N3O3. The van der Waals surface area contributed by atoms with E-state index < -0.39 is 0 Å². The summed E-state index contributed by atoms with van der Waals surface area (Å²) in [7, 11) is 1.78. The third-order valence-electron chi connectivity index (χ3n) is 5.87. The predicted molar refractivity (Wildman–Crippen MR) is 95.7 cm³/mol. The van der Waals surface area contributed by atoms with Gasteiger partial charge in [0.25, 0.3) is 5.91 Å². The average molecular weight is 349 g/mol. The Morgan fingerprint density at radius 1 is 1.20 bits per heavy atom. The number of methoxy groups -OCH3 is 1. The number of carbonyl (C=O) groups excluding carboxylic acids is 1. The molecule has 2 saturated heterocycles. The van der Waals surface area contributed by atoms with Crippen molar-refractivity contribution in [1.29, 1.82) is 0 Å². The van der Waals surface area contributed by atoms with Crippen molar-refractivity contribution in [3.63, 3.8) is 0 Å². The van der Waals surface area contributed by atoms with Crippen molar-refractivity contribution < 1.29 is 14.1 Å². The Morgan fingerprint density at radius 3 is 2.60 bits per heavy atom. The number of aromatic nitrogens is 1. The van der Waals surface area contributed by atoms with Gasteiger partial charge in [-0.25, -0.2) is 0 Å². The van der Waals surface area contributed by atoms with Gasteiger partial charge in [0, 0.05) is 32.8 Å². The fourth-order valence-corrected chi connectivity index (χ4v) is 4.47. The van der Waals surface area contributed by atoms with Crippen LogP contribution in [0.1, 0.15) is 53.9 Å². The van der Waals surface area contributed by atoms with Crippen molar-refractivity contribution in [1.82, 2.24) is 15.0 Å². The minimum Gasteiger partial charge on any atom is -0.383 e. The highest BCUT2D eigenvalue weighted by molar-refractivity contribution is 5.96. The first kappa shape index (κ1) is 18.4. The second-order valence-electron chi connectivity index (χ2n) is 7.42. The molecule has 3 heterocycles. The molecule has 3 rings (SSSR count). The van der Waals surface area contributed by atoms with Gasteiger partial charge in [-0.15, -0.1) is 0 Å². The second kappa shape index (κ2) is 8.32. The molecule has 0 radical (unpaired) electrons. The highest BCUT2D eigenvalue weighted by Crippen LogP contribution is 2.31. The van der Waals surface area contributed by atoms with Crippen LogP contribution in [0, 0.1) is 19.8 Å². The van der Waals surface area contributed by atoms with Crippen molar-refractivity contribution >= 4 is 5.91 Å². The molecule has 0 aromatic carbocycles. The summed E-state index contributed by atoms with van der Waals surface area (Å²) in [5.41, 5.74) is 1.35. The lowest BCUT2D eigenvalue weighted by atomic mass is 9.83. The number of hydrogen-bond acceptors (Lipinski definition) is 5. The number of ether oxygens (including phenoxy) is 1.